The van der Waals surface area contributed by atoms with Crippen LogP contribution in [0.2, 0.25) is 0 Å². The van der Waals surface area contributed by atoms with Gasteiger partial charge in [-0.3, -0.25) is 4.79 Å². The van der Waals surface area contributed by atoms with Gasteiger partial charge in [0.15, 0.2) is 0 Å². The molecule has 0 bridgehead atoms. The van der Waals surface area contributed by atoms with Crippen molar-refractivity contribution in [1.29, 1.82) is 0 Å². The number of carbonyl (C=O) groups is 1. The van der Waals surface area contributed by atoms with Crippen LogP contribution in [0.25, 0.3) is 0 Å². The molecule has 0 aliphatic rings. The van der Waals surface area contributed by atoms with Gasteiger partial charge in [0.05, 0.1) is 10.8 Å². The molecule has 0 radical (unpaired) electrons. The summed E-state index contributed by atoms with van der Waals surface area (Å²) in [5, 5.41) is 2.66. The molecule has 1 rings (SSSR count). The second kappa shape index (κ2) is 6.57. The summed E-state index contributed by atoms with van der Waals surface area (Å²) in [6, 6.07) is 8.71. The molecule has 3 nitrogen and oxygen atoms in total. The lowest BCUT2D eigenvalue weighted by molar-refractivity contribution is -0.117. The summed E-state index contributed by atoms with van der Waals surface area (Å²) in [4.78, 5) is 12.4. The number of benzene rings is 1. The molecule has 0 spiro atoms. The Labute approximate surface area is 108 Å². The van der Waals surface area contributed by atoms with Gasteiger partial charge in [-0.25, -0.2) is 4.21 Å². The van der Waals surface area contributed by atoms with E-state index in [0.717, 1.165) is 5.54 Å². The van der Waals surface area contributed by atoms with Crippen LogP contribution in [-0.4, -0.2) is 16.2 Å². The topological polar surface area (TPSA) is 46.2 Å². The minimum atomic E-state index is -1.55. The van der Waals surface area contributed by atoms with Crippen molar-refractivity contribution in [2.75, 3.05) is 0 Å². The molecule has 17 heavy (non-hydrogen) atoms. The fourth-order valence-electron chi connectivity index (χ4n) is 1.18. The molecule has 1 atom stereocenters. The Balaban J connectivity index is 2.90. The van der Waals surface area contributed by atoms with Crippen molar-refractivity contribution < 1.29 is 9.00 Å². The van der Waals surface area contributed by atoms with E-state index in [4.69, 9.17) is 11.6 Å². The highest BCUT2D eigenvalue weighted by Crippen LogP contribution is 2.15. The highest BCUT2D eigenvalue weighted by atomic mass is 35.5. The van der Waals surface area contributed by atoms with Crippen LogP contribution in [0.15, 0.2) is 45.7 Å². The van der Waals surface area contributed by atoms with E-state index in [2.05, 4.69) is 5.32 Å². The van der Waals surface area contributed by atoms with E-state index < -0.39 is 16.7 Å². The fourth-order valence-corrected chi connectivity index (χ4v) is 2.49. The summed E-state index contributed by atoms with van der Waals surface area (Å²) in [5.74, 6) is -0.405. The van der Waals surface area contributed by atoms with Gasteiger partial charge in [-0.2, -0.15) is 0 Å². The fraction of sp³-hybridized carbons (Fsp3) is 0.250. The van der Waals surface area contributed by atoms with Gasteiger partial charge in [0, 0.05) is 16.5 Å². The molecule has 5 heteroatoms. The third kappa shape index (κ3) is 3.98. The van der Waals surface area contributed by atoms with Crippen LogP contribution in [0.4, 0.5) is 0 Å². The van der Waals surface area contributed by atoms with Crippen LogP contribution in [0.1, 0.15) is 13.8 Å². The molecule has 1 aromatic rings. The Morgan fingerprint density at radius 3 is 2.41 bits per heavy atom. The third-order valence-electron chi connectivity index (χ3n) is 1.90. The summed E-state index contributed by atoms with van der Waals surface area (Å²) >= 11 is 5.57. The van der Waals surface area contributed by atoms with Gasteiger partial charge in [-0.05, 0) is 26.0 Å². The highest BCUT2D eigenvalue weighted by molar-refractivity contribution is 7.90. The first-order chi connectivity index (χ1) is 8.06. The molecule has 0 saturated carbocycles. The molecular weight excluding hydrogens is 258 g/mol. The Hall–Kier alpha value is -1.13. The zero-order valence-electron chi connectivity index (χ0n) is 9.64. The van der Waals surface area contributed by atoms with Crippen molar-refractivity contribution in [2.24, 2.45) is 0 Å². The van der Waals surface area contributed by atoms with Crippen LogP contribution in [0.3, 0.4) is 0 Å². The Morgan fingerprint density at radius 1 is 1.35 bits per heavy atom. The van der Waals surface area contributed by atoms with Crippen LogP contribution in [0, 0.1) is 0 Å². The molecule has 1 aromatic carbocycles. The highest BCUT2D eigenvalue weighted by Gasteiger charge is 2.18. The number of nitrogens with one attached hydrogen (secondary N) is 1. The van der Waals surface area contributed by atoms with E-state index in [9.17, 15) is 9.00 Å². The predicted octanol–water partition coefficient (Wildman–Crippen LogP) is 2.40. The lowest BCUT2D eigenvalue weighted by atomic mass is 10.4. The van der Waals surface area contributed by atoms with Gasteiger partial charge in [-0.15, -0.1) is 0 Å². The minimum Gasteiger partial charge on any atom is -0.349 e. The van der Waals surface area contributed by atoms with Crippen molar-refractivity contribution in [3.63, 3.8) is 0 Å². The van der Waals surface area contributed by atoms with E-state index in [1.807, 2.05) is 19.9 Å². The first-order valence-electron chi connectivity index (χ1n) is 5.14. The maximum Gasteiger partial charge on any atom is 0.261 e. The molecule has 0 aliphatic heterocycles. The second-order valence-electron chi connectivity index (χ2n) is 3.68. The zero-order valence-corrected chi connectivity index (χ0v) is 11.2. The quantitative estimate of drug-likeness (QED) is 0.855. The first kappa shape index (κ1) is 13.9. The maximum atomic E-state index is 12.1. The van der Waals surface area contributed by atoms with E-state index in [-0.39, 0.29) is 10.9 Å². The summed E-state index contributed by atoms with van der Waals surface area (Å²) in [6.45, 7) is 3.66. The minimum absolute atomic E-state index is 0.0260. The summed E-state index contributed by atoms with van der Waals surface area (Å²) < 4.78 is 12.1. The van der Waals surface area contributed by atoms with Crippen LogP contribution >= 0.6 is 11.6 Å². The van der Waals surface area contributed by atoms with Crippen LogP contribution in [-0.2, 0) is 15.6 Å². The van der Waals surface area contributed by atoms with E-state index in [1.54, 1.807) is 24.3 Å². The van der Waals surface area contributed by atoms with Crippen molar-refractivity contribution in [3.8, 4) is 0 Å². The molecule has 0 aliphatic carbocycles. The molecule has 1 N–H and O–H groups in total. The molecule has 0 aromatic heterocycles. The summed E-state index contributed by atoms with van der Waals surface area (Å²) in [7, 11) is -1.55. The largest absolute Gasteiger partial charge is 0.349 e. The smallest absolute Gasteiger partial charge is 0.261 e. The Morgan fingerprint density at radius 2 is 1.94 bits per heavy atom. The Kier molecular flexibility index (Phi) is 5.38. The third-order valence-corrected chi connectivity index (χ3v) is 3.65. The van der Waals surface area contributed by atoms with Crippen molar-refractivity contribution in [1.82, 2.24) is 5.32 Å². The van der Waals surface area contributed by atoms with E-state index in [0.29, 0.717) is 4.90 Å². The zero-order chi connectivity index (χ0) is 12.8. The molecule has 92 valence electrons. The molecule has 1 unspecified atom stereocenters. The number of halogens is 1. The van der Waals surface area contributed by atoms with Crippen LogP contribution in [0.5, 0.6) is 0 Å². The van der Waals surface area contributed by atoms with Gasteiger partial charge in [0.2, 0.25) is 0 Å². The molecular formula is C12H14ClNO2S. The van der Waals surface area contributed by atoms with Crippen molar-refractivity contribution in [3.05, 3.63) is 40.8 Å². The number of hydrogen-bond acceptors (Lipinski definition) is 2. The van der Waals surface area contributed by atoms with Crippen molar-refractivity contribution in [2.45, 2.75) is 24.8 Å². The number of hydrogen-bond donors (Lipinski definition) is 1. The lowest BCUT2D eigenvalue weighted by Crippen LogP contribution is -2.32. The van der Waals surface area contributed by atoms with Gasteiger partial charge in [-0.1, -0.05) is 29.8 Å². The Bertz CT molecular complexity index is 443. The molecule has 0 fully saturated rings. The first-order valence-corrected chi connectivity index (χ1v) is 6.73. The maximum absolute atomic E-state index is 12.1. The van der Waals surface area contributed by atoms with Crippen molar-refractivity contribution >= 4 is 28.3 Å². The van der Waals surface area contributed by atoms with Gasteiger partial charge in [0.25, 0.3) is 5.91 Å². The molecule has 0 heterocycles. The normalized spacial score (nSPS) is 13.5. The molecule has 0 saturated heterocycles. The summed E-state index contributed by atoms with van der Waals surface area (Å²) in [5.41, 5.74) is 1.07. The monoisotopic (exact) mass is 271 g/mol. The standard InChI is InChI=1S/C12H14ClNO2S/c1-9(2)14-12(15)11(8-13)17(16)10-6-4-3-5-7-10/h3-9H,1-2H3,(H,14,15)/b11-8-. The number of amides is 1. The van der Waals surface area contributed by atoms with Crippen LogP contribution < -0.4 is 5.32 Å². The average molecular weight is 272 g/mol. The van der Waals surface area contributed by atoms with Gasteiger partial charge >= 0.3 is 0 Å². The van der Waals surface area contributed by atoms with Gasteiger partial charge in [0.1, 0.15) is 4.91 Å². The van der Waals surface area contributed by atoms with E-state index in [1.165, 1.54) is 0 Å². The SMILES string of the molecule is CC(C)NC(=O)/C(=C/Cl)S(=O)c1ccccc1. The average Bonchev–Trinajstić information content (AvgIpc) is 2.30. The second-order valence-corrected chi connectivity index (χ2v) is 5.35. The van der Waals surface area contributed by atoms with E-state index >= 15 is 0 Å². The molecule has 1 amide bonds. The summed E-state index contributed by atoms with van der Waals surface area (Å²) in [6.07, 6.45) is 0. The van der Waals surface area contributed by atoms with Gasteiger partial charge < -0.3 is 5.32 Å². The number of rotatable bonds is 4. The lowest BCUT2D eigenvalue weighted by Gasteiger charge is -2.10. The number of carbonyl (C=O) groups excluding carboxylic acids is 1. The predicted molar refractivity (Wildman–Crippen MR) is 70.1 cm³/mol.